The second-order valence-corrected chi connectivity index (χ2v) is 8.88. The Morgan fingerprint density at radius 3 is 2.21 bits per heavy atom. The van der Waals surface area contributed by atoms with Crippen molar-refractivity contribution in [3.63, 3.8) is 0 Å². The van der Waals surface area contributed by atoms with Gasteiger partial charge in [0.15, 0.2) is 11.5 Å². The zero-order valence-electron chi connectivity index (χ0n) is 21.4. The minimum Gasteiger partial charge on any atom is -0.457 e. The maximum Gasteiger partial charge on any atom is 0.453 e. The number of carbonyl (C=O) groups excluding carboxylic acids is 2. The summed E-state index contributed by atoms with van der Waals surface area (Å²) in [5.74, 6) is -4.11. The van der Waals surface area contributed by atoms with Gasteiger partial charge in [0.05, 0.1) is 19.3 Å². The van der Waals surface area contributed by atoms with Gasteiger partial charge in [0.25, 0.3) is 0 Å². The molecule has 0 fully saturated rings. The highest BCUT2D eigenvalue weighted by Crippen LogP contribution is 2.41. The van der Waals surface area contributed by atoms with E-state index in [0.29, 0.717) is 18.0 Å². The summed E-state index contributed by atoms with van der Waals surface area (Å²) in [6.45, 7) is 2.38. The van der Waals surface area contributed by atoms with Crippen LogP contribution in [0.25, 0.3) is 0 Å². The number of halogens is 2. The molecule has 12 heteroatoms. The largest absolute Gasteiger partial charge is 0.457 e. The molecule has 0 bridgehead atoms. The Morgan fingerprint density at radius 2 is 1.61 bits per heavy atom. The Bertz CT molecular complexity index is 1050. The van der Waals surface area contributed by atoms with Crippen LogP contribution < -0.4 is 14.8 Å². The van der Waals surface area contributed by atoms with Crippen LogP contribution in [0.5, 0.6) is 11.5 Å². The minimum atomic E-state index is -2.42. The van der Waals surface area contributed by atoms with Crippen molar-refractivity contribution in [2.75, 3.05) is 47.2 Å². The third kappa shape index (κ3) is 8.20. The van der Waals surface area contributed by atoms with Gasteiger partial charge in [-0.15, -0.1) is 12.4 Å². The van der Waals surface area contributed by atoms with E-state index in [1.165, 1.54) is 14.2 Å². The lowest BCUT2D eigenvalue weighted by Crippen LogP contribution is -2.56. The fraction of sp³-hybridized carbons (Fsp3) is 0.462. The van der Waals surface area contributed by atoms with Gasteiger partial charge in [-0.2, -0.15) is 0 Å². The lowest BCUT2D eigenvalue weighted by molar-refractivity contribution is -0.203. The number of aliphatic hydroxyl groups excluding tert-OH is 1. The molecule has 0 saturated carbocycles. The number of methoxy groups -OCH3 is 2. The van der Waals surface area contributed by atoms with Gasteiger partial charge in [0, 0.05) is 31.8 Å². The highest BCUT2D eigenvalue weighted by Gasteiger charge is 2.59. The Morgan fingerprint density at radius 1 is 0.974 bits per heavy atom. The molecular weight excluding hydrogens is 541 g/mol. The molecule has 38 heavy (non-hydrogen) atoms. The van der Waals surface area contributed by atoms with Crippen molar-refractivity contribution in [3.8, 4) is 11.5 Å². The van der Waals surface area contributed by atoms with Crippen molar-refractivity contribution in [3.05, 3.63) is 58.6 Å². The Labute approximate surface area is 232 Å². The number of carbonyl (C=O) groups is 2. The quantitative estimate of drug-likeness (QED) is 0.198. The fourth-order valence-corrected chi connectivity index (χ4v) is 3.82. The van der Waals surface area contributed by atoms with E-state index in [4.69, 9.17) is 40.0 Å². The van der Waals surface area contributed by atoms with E-state index in [1.807, 2.05) is 13.0 Å². The maximum absolute atomic E-state index is 12.8. The lowest BCUT2D eigenvalue weighted by Gasteiger charge is -2.23. The van der Waals surface area contributed by atoms with Gasteiger partial charge < -0.3 is 38.8 Å². The number of rotatable bonds is 14. The van der Waals surface area contributed by atoms with E-state index in [2.05, 4.69) is 5.32 Å². The first-order valence-corrected chi connectivity index (χ1v) is 12.2. The van der Waals surface area contributed by atoms with Crippen LogP contribution in [0.15, 0.2) is 42.5 Å². The molecule has 2 aromatic carbocycles. The first-order valence-electron chi connectivity index (χ1n) is 11.8. The van der Waals surface area contributed by atoms with E-state index in [9.17, 15) is 14.7 Å². The summed E-state index contributed by atoms with van der Waals surface area (Å²) in [4.78, 5) is 25.7. The van der Waals surface area contributed by atoms with Gasteiger partial charge >= 0.3 is 17.7 Å². The average molecular weight is 574 g/mol. The van der Waals surface area contributed by atoms with Gasteiger partial charge in [0.1, 0.15) is 13.2 Å². The van der Waals surface area contributed by atoms with Crippen LogP contribution in [-0.4, -0.2) is 76.1 Å². The molecule has 1 heterocycles. The number of benzene rings is 2. The summed E-state index contributed by atoms with van der Waals surface area (Å²) < 4.78 is 31.5. The minimum absolute atomic E-state index is 0. The van der Waals surface area contributed by atoms with Crippen molar-refractivity contribution in [1.29, 1.82) is 0 Å². The molecular formula is C26H33Cl2NO9. The van der Waals surface area contributed by atoms with Gasteiger partial charge in [-0.1, -0.05) is 29.8 Å². The summed E-state index contributed by atoms with van der Waals surface area (Å²) in [5.41, 5.74) is 1.58. The molecule has 0 aliphatic carbocycles. The first kappa shape index (κ1) is 31.6. The van der Waals surface area contributed by atoms with Crippen LogP contribution in [-0.2, 0) is 35.0 Å². The number of nitrogens with one attached hydrogen (secondary N) is 1. The number of hydrogen-bond acceptors (Lipinski definition) is 10. The van der Waals surface area contributed by atoms with Crippen LogP contribution in [0.2, 0.25) is 5.02 Å². The number of esters is 2. The van der Waals surface area contributed by atoms with E-state index >= 15 is 0 Å². The number of aliphatic hydroxyl groups is 1. The molecule has 210 valence electrons. The highest BCUT2D eigenvalue weighted by molar-refractivity contribution is 6.30. The number of ether oxygens (including phenoxy) is 6. The Kier molecular flexibility index (Phi) is 12.6. The van der Waals surface area contributed by atoms with E-state index in [0.717, 1.165) is 11.1 Å². The maximum atomic E-state index is 12.8. The van der Waals surface area contributed by atoms with E-state index in [-0.39, 0.29) is 56.4 Å². The molecule has 0 amide bonds. The summed E-state index contributed by atoms with van der Waals surface area (Å²) >= 11 is 6.01. The predicted molar refractivity (Wildman–Crippen MR) is 141 cm³/mol. The molecule has 1 aliphatic heterocycles. The second-order valence-electron chi connectivity index (χ2n) is 8.44. The third-order valence-electron chi connectivity index (χ3n) is 5.53. The molecule has 0 radical (unpaired) electrons. The molecule has 3 rings (SSSR count). The number of hydrogen-bond donors (Lipinski definition) is 2. The summed E-state index contributed by atoms with van der Waals surface area (Å²) in [5, 5.41) is 14.3. The van der Waals surface area contributed by atoms with Gasteiger partial charge in [-0.05, 0) is 48.7 Å². The van der Waals surface area contributed by atoms with E-state index < -0.39 is 23.8 Å². The average Bonchev–Trinajstić information content (AvgIpc) is 3.28. The van der Waals surface area contributed by atoms with Crippen molar-refractivity contribution in [2.24, 2.45) is 0 Å². The molecule has 2 N–H and O–H groups in total. The smallest absolute Gasteiger partial charge is 0.453 e. The van der Waals surface area contributed by atoms with Gasteiger partial charge in [-0.25, -0.2) is 9.59 Å². The van der Waals surface area contributed by atoms with E-state index in [1.54, 1.807) is 36.4 Å². The van der Waals surface area contributed by atoms with Crippen LogP contribution in [0, 0.1) is 0 Å². The Balaban J connectivity index is 0.00000507. The zero-order valence-corrected chi connectivity index (χ0v) is 23.0. The zero-order chi connectivity index (χ0) is 26.8. The molecule has 0 spiro atoms. The highest BCUT2D eigenvalue weighted by atomic mass is 35.5. The lowest BCUT2D eigenvalue weighted by atomic mass is 10.1. The Hall–Kier alpha value is -2.60. The standard InChI is InChI=1S/C26H32ClNO9.ClH/c1-17(28-16-21(29)19-5-4-6-20(27)15-19)13-18-7-8-22-23(14-18)37-26(36-22,24(30)34-11-9-32-2)25(31)35-12-10-33-3;/h4-8,14-15,17,21,28-29H,9-13,16H2,1-3H3;1H. The summed E-state index contributed by atoms with van der Waals surface area (Å²) in [6, 6.07) is 12.2. The van der Waals surface area contributed by atoms with Crippen LogP contribution >= 0.6 is 24.0 Å². The molecule has 10 nitrogen and oxygen atoms in total. The van der Waals surface area contributed by atoms with Crippen molar-refractivity contribution in [2.45, 2.75) is 31.3 Å². The topological polar surface area (TPSA) is 122 Å². The van der Waals surface area contributed by atoms with Gasteiger partial charge in [0.2, 0.25) is 0 Å². The third-order valence-corrected chi connectivity index (χ3v) is 5.76. The van der Waals surface area contributed by atoms with Crippen LogP contribution in [0.4, 0.5) is 0 Å². The summed E-state index contributed by atoms with van der Waals surface area (Å²) in [7, 11) is 2.91. The molecule has 2 atom stereocenters. The van der Waals surface area contributed by atoms with Crippen molar-refractivity contribution in [1.82, 2.24) is 5.32 Å². The first-order chi connectivity index (χ1) is 17.8. The van der Waals surface area contributed by atoms with Crippen molar-refractivity contribution < 1.29 is 43.1 Å². The van der Waals surface area contributed by atoms with Crippen LogP contribution in [0.1, 0.15) is 24.2 Å². The molecule has 2 aromatic rings. The molecule has 0 saturated heterocycles. The van der Waals surface area contributed by atoms with Gasteiger partial charge in [-0.3, -0.25) is 0 Å². The summed E-state index contributed by atoms with van der Waals surface area (Å²) in [6.07, 6.45) is -0.144. The molecule has 0 aromatic heterocycles. The second kappa shape index (κ2) is 15.1. The normalized spacial score (nSPS) is 14.8. The molecule has 2 unspecified atom stereocenters. The predicted octanol–water partition coefficient (Wildman–Crippen LogP) is 2.86. The van der Waals surface area contributed by atoms with Crippen molar-refractivity contribution >= 4 is 35.9 Å². The van der Waals surface area contributed by atoms with Crippen LogP contribution in [0.3, 0.4) is 0 Å². The SMILES string of the molecule is COCCOC(=O)C1(C(=O)OCCOC)Oc2ccc(CC(C)NCC(O)c3cccc(Cl)c3)cc2O1.Cl. The fourth-order valence-electron chi connectivity index (χ4n) is 3.62. The molecule has 1 aliphatic rings. The number of fused-ring (bicyclic) bond motifs is 1. The monoisotopic (exact) mass is 573 g/mol.